The van der Waals surface area contributed by atoms with Gasteiger partial charge in [0.15, 0.2) is 5.78 Å². The molecule has 0 atom stereocenters. The van der Waals surface area contributed by atoms with Gasteiger partial charge in [-0.1, -0.05) is 0 Å². The van der Waals surface area contributed by atoms with Crippen molar-refractivity contribution in [3.8, 4) is 17.5 Å². The second kappa shape index (κ2) is 7.31. The van der Waals surface area contributed by atoms with E-state index in [0.29, 0.717) is 22.9 Å². The molecule has 3 aromatic rings. The molecule has 26 heavy (non-hydrogen) atoms. The van der Waals surface area contributed by atoms with Crippen molar-refractivity contribution >= 4 is 22.8 Å². The van der Waals surface area contributed by atoms with E-state index < -0.39 is 0 Å². The smallest absolute Gasteiger partial charge is 0.216 e. The van der Waals surface area contributed by atoms with Gasteiger partial charge in [0, 0.05) is 46.4 Å². The summed E-state index contributed by atoms with van der Waals surface area (Å²) in [5, 5.41) is 1.02. The van der Waals surface area contributed by atoms with Crippen LogP contribution in [0.4, 0.5) is 0 Å². The highest BCUT2D eigenvalue weighted by Crippen LogP contribution is 2.26. The third kappa shape index (κ3) is 3.39. The van der Waals surface area contributed by atoms with Gasteiger partial charge < -0.3 is 19.2 Å². The van der Waals surface area contributed by atoms with Gasteiger partial charge >= 0.3 is 0 Å². The number of aromatic nitrogens is 2. The van der Waals surface area contributed by atoms with Crippen molar-refractivity contribution in [2.45, 2.75) is 6.92 Å². The highest BCUT2D eigenvalue weighted by atomic mass is 16.5. The number of rotatable bonds is 6. The van der Waals surface area contributed by atoms with E-state index in [1.165, 1.54) is 14.2 Å². The number of methoxy groups -OCH3 is 3. The number of benzene rings is 1. The van der Waals surface area contributed by atoms with E-state index >= 15 is 0 Å². The zero-order valence-corrected chi connectivity index (χ0v) is 15.1. The van der Waals surface area contributed by atoms with Gasteiger partial charge in [0.25, 0.3) is 0 Å². The van der Waals surface area contributed by atoms with Crippen molar-refractivity contribution in [1.82, 2.24) is 9.97 Å². The van der Waals surface area contributed by atoms with Crippen molar-refractivity contribution in [2.75, 3.05) is 21.3 Å². The fraction of sp³-hybridized carbons (Fsp3) is 0.200. The number of ketones is 1. The lowest BCUT2D eigenvalue weighted by Gasteiger charge is -2.07. The molecule has 134 valence electrons. The molecule has 1 N–H and O–H groups in total. The number of hydrogen-bond acceptors (Lipinski definition) is 5. The maximum Gasteiger partial charge on any atom is 0.216 e. The highest BCUT2D eigenvalue weighted by molar-refractivity contribution is 6.12. The summed E-state index contributed by atoms with van der Waals surface area (Å²) in [7, 11) is 4.63. The molecule has 0 amide bonds. The Balaban J connectivity index is 1.96. The van der Waals surface area contributed by atoms with Gasteiger partial charge in [0.1, 0.15) is 5.75 Å². The Morgan fingerprint density at radius 3 is 2.35 bits per heavy atom. The molecule has 1 aromatic carbocycles. The average molecular weight is 352 g/mol. The molecule has 2 heterocycles. The number of ether oxygens (including phenoxy) is 3. The predicted octanol–water partition coefficient (Wildman–Crippen LogP) is 3.87. The van der Waals surface area contributed by atoms with E-state index in [2.05, 4.69) is 9.97 Å². The number of H-pyrrole nitrogens is 1. The molecule has 2 aromatic heterocycles. The molecule has 0 aliphatic carbocycles. The Morgan fingerprint density at radius 1 is 1.04 bits per heavy atom. The topological polar surface area (TPSA) is 73.4 Å². The van der Waals surface area contributed by atoms with Crippen LogP contribution < -0.4 is 14.2 Å². The van der Waals surface area contributed by atoms with E-state index in [4.69, 9.17) is 14.2 Å². The van der Waals surface area contributed by atoms with Crippen LogP contribution in [0.2, 0.25) is 0 Å². The Kier molecular flexibility index (Phi) is 4.93. The largest absolute Gasteiger partial charge is 0.497 e. The maximum atomic E-state index is 12.8. The summed E-state index contributed by atoms with van der Waals surface area (Å²) < 4.78 is 15.5. The first kappa shape index (κ1) is 17.5. The molecule has 3 rings (SSSR count). The van der Waals surface area contributed by atoms with E-state index in [1.807, 2.05) is 30.5 Å². The van der Waals surface area contributed by atoms with Crippen LogP contribution in [0.1, 0.15) is 22.8 Å². The highest BCUT2D eigenvalue weighted by Gasteiger charge is 2.13. The number of Topliss-reactive ketones (excluding diaryl/α,β-unsaturated/α-hetero) is 1. The molecule has 6 nitrogen and oxygen atoms in total. The van der Waals surface area contributed by atoms with Gasteiger partial charge in [0.05, 0.1) is 21.3 Å². The normalized spacial score (nSPS) is 11.5. The van der Waals surface area contributed by atoms with Crippen LogP contribution in [0.25, 0.3) is 17.0 Å². The summed E-state index contributed by atoms with van der Waals surface area (Å²) in [5.74, 6) is 1.32. The number of carbonyl (C=O) groups excluding carboxylic acids is 1. The Bertz CT molecular complexity index is 966. The van der Waals surface area contributed by atoms with Crippen LogP contribution in [0.5, 0.6) is 17.5 Å². The van der Waals surface area contributed by atoms with Crippen LogP contribution in [0.15, 0.2) is 42.1 Å². The fourth-order valence-electron chi connectivity index (χ4n) is 2.72. The molecular weight excluding hydrogens is 332 g/mol. The fourth-order valence-corrected chi connectivity index (χ4v) is 2.72. The monoisotopic (exact) mass is 352 g/mol. The second-order valence-electron chi connectivity index (χ2n) is 5.75. The first-order valence-electron chi connectivity index (χ1n) is 8.04. The summed E-state index contributed by atoms with van der Waals surface area (Å²) >= 11 is 0. The van der Waals surface area contributed by atoms with Crippen molar-refractivity contribution in [2.24, 2.45) is 0 Å². The zero-order valence-electron chi connectivity index (χ0n) is 15.1. The zero-order chi connectivity index (χ0) is 18.7. The van der Waals surface area contributed by atoms with E-state index in [-0.39, 0.29) is 5.78 Å². The molecule has 0 aliphatic heterocycles. The van der Waals surface area contributed by atoms with Gasteiger partial charge in [0.2, 0.25) is 11.8 Å². The summed E-state index contributed by atoms with van der Waals surface area (Å²) in [6.45, 7) is 1.78. The Labute approximate surface area is 151 Å². The maximum absolute atomic E-state index is 12.8. The Morgan fingerprint density at radius 2 is 1.73 bits per heavy atom. The third-order valence-corrected chi connectivity index (χ3v) is 4.11. The van der Waals surface area contributed by atoms with E-state index in [9.17, 15) is 4.79 Å². The number of carbonyl (C=O) groups is 1. The molecule has 0 unspecified atom stereocenters. The third-order valence-electron chi connectivity index (χ3n) is 4.11. The van der Waals surface area contributed by atoms with Crippen molar-refractivity contribution in [3.05, 3.63) is 53.2 Å². The van der Waals surface area contributed by atoms with Gasteiger partial charge in [-0.25, -0.2) is 0 Å². The first-order valence-corrected chi connectivity index (χ1v) is 8.04. The molecule has 0 bridgehead atoms. The quantitative estimate of drug-likeness (QED) is 0.538. The number of allylic oxidation sites excluding steroid dienone is 1. The standard InChI is InChI=1S/C20H20N2O4/c1-12(20(23)13-8-18(25-3)22-19(9-13)26-4)7-14-11-21-17-10-15(24-2)5-6-16(14)17/h5-11,21H,1-4H3/b12-7+. The van der Waals surface area contributed by atoms with Crippen molar-refractivity contribution < 1.29 is 19.0 Å². The summed E-state index contributed by atoms with van der Waals surface area (Å²) in [4.78, 5) is 20.1. The minimum absolute atomic E-state index is 0.119. The summed E-state index contributed by atoms with van der Waals surface area (Å²) in [5.41, 5.74) is 2.94. The van der Waals surface area contributed by atoms with Crippen molar-refractivity contribution in [3.63, 3.8) is 0 Å². The molecular formula is C20H20N2O4. The minimum Gasteiger partial charge on any atom is -0.497 e. The van der Waals surface area contributed by atoms with E-state index in [1.54, 1.807) is 26.2 Å². The van der Waals surface area contributed by atoms with Crippen molar-refractivity contribution in [1.29, 1.82) is 0 Å². The number of pyridine rings is 1. The Hall–Kier alpha value is -3.28. The molecule has 0 radical (unpaired) electrons. The van der Waals surface area contributed by atoms with Crippen LogP contribution >= 0.6 is 0 Å². The molecule has 0 spiro atoms. The van der Waals surface area contributed by atoms with Crippen LogP contribution in [0, 0.1) is 0 Å². The van der Waals surface area contributed by atoms with Gasteiger partial charge in [-0.2, -0.15) is 4.98 Å². The second-order valence-corrected chi connectivity index (χ2v) is 5.75. The molecule has 0 fully saturated rings. The lowest BCUT2D eigenvalue weighted by molar-refractivity contribution is 0.103. The lowest BCUT2D eigenvalue weighted by atomic mass is 10.0. The summed E-state index contributed by atoms with van der Waals surface area (Å²) in [6.07, 6.45) is 3.72. The van der Waals surface area contributed by atoms with Gasteiger partial charge in [-0.15, -0.1) is 0 Å². The molecule has 6 heteroatoms. The minimum atomic E-state index is -0.119. The van der Waals surface area contributed by atoms with Crippen LogP contribution in [0.3, 0.4) is 0 Å². The van der Waals surface area contributed by atoms with Crippen LogP contribution in [-0.2, 0) is 0 Å². The van der Waals surface area contributed by atoms with Crippen LogP contribution in [-0.4, -0.2) is 37.1 Å². The first-order chi connectivity index (χ1) is 12.5. The number of nitrogens with one attached hydrogen (secondary N) is 1. The van der Waals surface area contributed by atoms with Gasteiger partial charge in [-0.05, 0) is 30.7 Å². The molecule has 0 saturated carbocycles. The number of aromatic amines is 1. The number of fused-ring (bicyclic) bond motifs is 1. The number of hydrogen-bond donors (Lipinski definition) is 1. The predicted molar refractivity (Wildman–Crippen MR) is 100 cm³/mol. The van der Waals surface area contributed by atoms with E-state index in [0.717, 1.165) is 22.2 Å². The SMILES string of the molecule is COc1ccc2c(/C=C(\C)C(=O)c3cc(OC)nc(OC)c3)c[nH]c2c1. The average Bonchev–Trinajstić information content (AvgIpc) is 3.08. The van der Waals surface area contributed by atoms with Gasteiger partial charge in [-0.3, -0.25) is 4.79 Å². The summed E-state index contributed by atoms with van der Waals surface area (Å²) in [6, 6.07) is 8.98. The lowest BCUT2D eigenvalue weighted by Crippen LogP contribution is -2.03. The molecule has 0 saturated heterocycles. The molecule has 0 aliphatic rings. The number of nitrogens with zero attached hydrogens (tertiary/aromatic N) is 1.